The van der Waals surface area contributed by atoms with Gasteiger partial charge in [0, 0.05) is 35.2 Å². The third-order valence-electron chi connectivity index (χ3n) is 6.64. The highest BCUT2D eigenvalue weighted by molar-refractivity contribution is 7.91. The number of benzene rings is 3. The van der Waals surface area contributed by atoms with E-state index in [1.54, 1.807) is 67.6 Å². The number of hydrogen-bond donors (Lipinski definition) is 2. The van der Waals surface area contributed by atoms with E-state index in [1.807, 2.05) is 0 Å². The van der Waals surface area contributed by atoms with E-state index in [9.17, 15) is 13.2 Å². The molecule has 0 aromatic heterocycles. The summed E-state index contributed by atoms with van der Waals surface area (Å²) in [5.41, 5.74) is -0.242. The van der Waals surface area contributed by atoms with Crippen molar-refractivity contribution in [2.75, 3.05) is 19.0 Å². The number of sulfone groups is 1. The number of hydrogen-bond acceptors (Lipinski definition) is 7. The van der Waals surface area contributed by atoms with Crippen LogP contribution in [-0.4, -0.2) is 55.9 Å². The topological polar surface area (TPSA) is 114 Å². The molecule has 0 saturated carbocycles. The van der Waals surface area contributed by atoms with E-state index in [2.05, 4.69) is 5.32 Å². The molecule has 11 heteroatoms. The predicted molar refractivity (Wildman–Crippen MR) is 155 cm³/mol. The number of aliphatic hydroxyl groups is 1. The lowest BCUT2D eigenvalue weighted by molar-refractivity contribution is -0.128. The molecule has 2 atom stereocenters. The first-order chi connectivity index (χ1) is 19.1. The van der Waals surface area contributed by atoms with Crippen LogP contribution in [0.15, 0.2) is 82.7 Å². The second kappa shape index (κ2) is 13.0. The number of ether oxygens (including phenoxy) is 2. The Balaban J connectivity index is 1.61. The lowest BCUT2D eigenvalue weighted by atomic mass is 9.90. The minimum absolute atomic E-state index is 0.0367. The average Bonchev–Trinajstić information content (AvgIpc) is 3.29. The van der Waals surface area contributed by atoms with Gasteiger partial charge in [-0.25, -0.2) is 13.4 Å². The van der Waals surface area contributed by atoms with Gasteiger partial charge in [0.25, 0.3) is 5.91 Å². The smallest absolute Gasteiger partial charge is 0.252 e. The van der Waals surface area contributed by atoms with Gasteiger partial charge in [-0.2, -0.15) is 0 Å². The molecular weight excluding hydrogens is 575 g/mol. The standard InChI is InChI=1S/C29H30Cl2N2O6S/c1-20-29(14-17-40(36,37)25-6-3-2-4-7-25,28(35)32-19-22-8-11-23(30)18-26(22)31)33-27(39-20)21-9-12-24(13-10-21)38-16-5-15-34/h2-4,6-13,18,20,34H,5,14-17,19H2,1H3,(H,32,35)/t20-,29-/m1/s1. The molecule has 8 nitrogen and oxygen atoms in total. The molecule has 0 bridgehead atoms. The molecule has 3 aromatic rings. The van der Waals surface area contributed by atoms with Gasteiger partial charge >= 0.3 is 0 Å². The third-order valence-corrected chi connectivity index (χ3v) is 8.96. The van der Waals surface area contributed by atoms with Gasteiger partial charge in [-0.3, -0.25) is 4.79 Å². The first-order valence-corrected chi connectivity index (χ1v) is 15.2. The van der Waals surface area contributed by atoms with Gasteiger partial charge in [0.1, 0.15) is 11.9 Å². The molecule has 0 saturated heterocycles. The van der Waals surface area contributed by atoms with Crippen LogP contribution in [0.25, 0.3) is 0 Å². The Morgan fingerprint density at radius 1 is 1.10 bits per heavy atom. The largest absolute Gasteiger partial charge is 0.494 e. The molecule has 212 valence electrons. The van der Waals surface area contributed by atoms with Crippen LogP contribution < -0.4 is 10.1 Å². The molecule has 1 amide bonds. The van der Waals surface area contributed by atoms with Gasteiger partial charge in [-0.15, -0.1) is 0 Å². The molecule has 1 aliphatic heterocycles. The second-order valence-electron chi connectivity index (χ2n) is 9.35. The maximum atomic E-state index is 13.8. The molecule has 40 heavy (non-hydrogen) atoms. The maximum absolute atomic E-state index is 13.8. The summed E-state index contributed by atoms with van der Waals surface area (Å²) in [6.07, 6.45) is -0.341. The fourth-order valence-electron chi connectivity index (χ4n) is 4.28. The molecular formula is C29H30Cl2N2O6S. The minimum Gasteiger partial charge on any atom is -0.494 e. The van der Waals surface area contributed by atoms with Crippen molar-refractivity contribution < 1.29 is 27.8 Å². The third kappa shape index (κ3) is 6.96. The van der Waals surface area contributed by atoms with Crippen molar-refractivity contribution in [2.45, 2.75) is 42.8 Å². The zero-order valence-corrected chi connectivity index (χ0v) is 24.2. The van der Waals surface area contributed by atoms with Gasteiger partial charge in [-0.05, 0) is 67.4 Å². The summed E-state index contributed by atoms with van der Waals surface area (Å²) in [7, 11) is -3.70. The normalized spacial score (nSPS) is 18.6. The number of rotatable bonds is 12. The number of aliphatic hydroxyl groups excluding tert-OH is 1. The summed E-state index contributed by atoms with van der Waals surface area (Å²) in [6, 6.07) is 20.1. The maximum Gasteiger partial charge on any atom is 0.252 e. The van der Waals surface area contributed by atoms with Crippen LogP contribution in [-0.2, 0) is 25.9 Å². The second-order valence-corrected chi connectivity index (χ2v) is 12.3. The Kier molecular flexibility index (Phi) is 9.73. The van der Waals surface area contributed by atoms with E-state index < -0.39 is 27.4 Å². The highest BCUT2D eigenvalue weighted by Crippen LogP contribution is 2.34. The average molecular weight is 606 g/mol. The SMILES string of the molecule is C[C@H]1OC(c2ccc(OCCCO)cc2)=N[C@@]1(CCS(=O)(=O)c1ccccc1)C(=O)NCc1ccc(Cl)cc1Cl. The number of halogens is 2. The van der Waals surface area contributed by atoms with Crippen molar-refractivity contribution >= 4 is 44.8 Å². The van der Waals surface area contributed by atoms with E-state index in [0.717, 1.165) is 0 Å². The van der Waals surface area contributed by atoms with E-state index in [-0.39, 0.29) is 36.1 Å². The molecule has 0 spiro atoms. The Bertz CT molecular complexity index is 1470. The Morgan fingerprint density at radius 3 is 2.50 bits per heavy atom. The number of aliphatic imine (C=N–C) groups is 1. The molecule has 0 fully saturated rings. The van der Waals surface area contributed by atoms with Gasteiger partial charge in [0.2, 0.25) is 5.90 Å². The van der Waals surface area contributed by atoms with Crippen LogP contribution >= 0.6 is 23.2 Å². The van der Waals surface area contributed by atoms with Gasteiger partial charge < -0.3 is 19.9 Å². The minimum atomic E-state index is -3.70. The van der Waals surface area contributed by atoms with Crippen LogP contribution in [0.1, 0.15) is 30.9 Å². The molecule has 2 N–H and O–H groups in total. The highest BCUT2D eigenvalue weighted by atomic mass is 35.5. The van der Waals surface area contributed by atoms with Crippen molar-refractivity contribution in [1.29, 1.82) is 0 Å². The van der Waals surface area contributed by atoms with Gasteiger partial charge in [0.15, 0.2) is 15.4 Å². The van der Waals surface area contributed by atoms with Gasteiger partial charge in [-0.1, -0.05) is 47.5 Å². The molecule has 4 rings (SSSR count). The van der Waals surface area contributed by atoms with E-state index in [4.69, 9.17) is 42.8 Å². The lowest BCUT2D eigenvalue weighted by Crippen LogP contribution is -2.51. The fraction of sp³-hybridized carbons (Fsp3) is 0.310. The Morgan fingerprint density at radius 2 is 1.82 bits per heavy atom. The van der Waals surface area contributed by atoms with Crippen molar-refractivity contribution in [3.8, 4) is 5.75 Å². The Labute approximate surface area is 243 Å². The van der Waals surface area contributed by atoms with E-state index in [1.165, 1.54) is 12.1 Å². The summed E-state index contributed by atoms with van der Waals surface area (Å²) in [5, 5.41) is 12.7. The molecule has 0 unspecified atom stereocenters. The van der Waals surface area contributed by atoms with Crippen molar-refractivity contribution in [2.24, 2.45) is 4.99 Å². The summed E-state index contributed by atoms with van der Waals surface area (Å²) in [6.45, 7) is 2.21. The first kappa shape index (κ1) is 29.9. The fourth-order valence-corrected chi connectivity index (χ4v) is 6.14. The number of nitrogens with one attached hydrogen (secondary N) is 1. The lowest BCUT2D eigenvalue weighted by Gasteiger charge is -2.28. The number of nitrogens with zero attached hydrogens (tertiary/aromatic N) is 1. The number of amides is 1. The Hall–Kier alpha value is -3.11. The zero-order valence-electron chi connectivity index (χ0n) is 21.8. The molecule has 0 aliphatic carbocycles. The predicted octanol–water partition coefficient (Wildman–Crippen LogP) is 4.84. The van der Waals surface area contributed by atoms with Crippen LogP contribution in [0.5, 0.6) is 5.75 Å². The van der Waals surface area contributed by atoms with Crippen LogP contribution in [0.2, 0.25) is 10.0 Å². The molecule has 1 heterocycles. The number of carbonyl (C=O) groups excluding carboxylic acids is 1. The van der Waals surface area contributed by atoms with Crippen LogP contribution in [0.4, 0.5) is 0 Å². The molecule has 0 radical (unpaired) electrons. The van der Waals surface area contributed by atoms with Crippen molar-refractivity contribution in [3.05, 3.63) is 94.0 Å². The summed E-state index contributed by atoms with van der Waals surface area (Å²) in [4.78, 5) is 18.6. The highest BCUT2D eigenvalue weighted by Gasteiger charge is 2.50. The first-order valence-electron chi connectivity index (χ1n) is 12.8. The monoisotopic (exact) mass is 604 g/mol. The van der Waals surface area contributed by atoms with Crippen LogP contribution in [0.3, 0.4) is 0 Å². The van der Waals surface area contributed by atoms with Gasteiger partial charge in [0.05, 0.1) is 17.3 Å². The van der Waals surface area contributed by atoms with Crippen molar-refractivity contribution in [1.82, 2.24) is 5.32 Å². The van der Waals surface area contributed by atoms with E-state index >= 15 is 0 Å². The molecule has 1 aliphatic rings. The number of carbonyl (C=O) groups is 1. The summed E-state index contributed by atoms with van der Waals surface area (Å²) >= 11 is 12.3. The quantitative estimate of drug-likeness (QED) is 0.286. The zero-order chi connectivity index (χ0) is 28.8. The summed E-state index contributed by atoms with van der Waals surface area (Å²) < 4.78 is 37.9. The van der Waals surface area contributed by atoms with Crippen molar-refractivity contribution in [3.63, 3.8) is 0 Å². The van der Waals surface area contributed by atoms with E-state index in [0.29, 0.717) is 39.9 Å². The van der Waals surface area contributed by atoms with Crippen LogP contribution in [0, 0.1) is 0 Å². The summed E-state index contributed by atoms with van der Waals surface area (Å²) in [5.74, 6) is 0.0508. The molecule has 3 aromatic carbocycles.